The van der Waals surface area contributed by atoms with Crippen molar-refractivity contribution in [1.29, 1.82) is 5.26 Å². The summed E-state index contributed by atoms with van der Waals surface area (Å²) in [6.45, 7) is 0.233. The minimum atomic E-state index is -0.478. The number of ether oxygens (including phenoxy) is 3. The van der Waals surface area contributed by atoms with Crippen LogP contribution in [-0.4, -0.2) is 26.5 Å². The molecule has 0 fully saturated rings. The van der Waals surface area contributed by atoms with Crippen LogP contribution in [0.2, 0.25) is 0 Å². The minimum Gasteiger partial charge on any atom is -0.497 e. The van der Waals surface area contributed by atoms with Crippen molar-refractivity contribution in [1.82, 2.24) is 5.43 Å². The van der Waals surface area contributed by atoms with Crippen LogP contribution in [0.15, 0.2) is 65.8 Å². The highest BCUT2D eigenvalue weighted by Crippen LogP contribution is 2.34. The molecule has 0 unspecified atom stereocenters. The third-order valence-electron chi connectivity index (χ3n) is 4.49. The summed E-state index contributed by atoms with van der Waals surface area (Å²) in [4.78, 5) is 12.0. The number of urea groups is 1. The number of benzene rings is 3. The number of halogens is 1. The summed E-state index contributed by atoms with van der Waals surface area (Å²) >= 11 is 2.14. The standard InChI is InChI=1S/C24H21IN4O4/c1-31-20-9-7-19(8-10-20)28-24(30)29-27-14-16-11-21(25)23(22(12-16)32-2)33-15-18-6-4-3-5-17(18)13-26/h3-12,14H,15H2,1-2H3,(H2,28,29,30)/b27-14+. The third-order valence-corrected chi connectivity index (χ3v) is 5.29. The highest BCUT2D eigenvalue weighted by atomic mass is 127. The minimum absolute atomic E-state index is 0.233. The van der Waals surface area contributed by atoms with Crippen LogP contribution in [0, 0.1) is 14.9 Å². The molecule has 33 heavy (non-hydrogen) atoms. The molecule has 9 heteroatoms. The van der Waals surface area contributed by atoms with Gasteiger partial charge in [-0.25, -0.2) is 10.2 Å². The summed E-state index contributed by atoms with van der Waals surface area (Å²) in [5.41, 5.74) is 5.10. The number of nitriles is 1. The van der Waals surface area contributed by atoms with E-state index in [0.29, 0.717) is 34.1 Å². The lowest BCUT2D eigenvalue weighted by atomic mass is 10.1. The highest BCUT2D eigenvalue weighted by Gasteiger charge is 2.12. The van der Waals surface area contributed by atoms with Crippen molar-refractivity contribution in [2.45, 2.75) is 6.61 Å². The lowest BCUT2D eigenvalue weighted by Crippen LogP contribution is -2.24. The molecule has 0 aromatic heterocycles. The first-order chi connectivity index (χ1) is 16.0. The molecule has 3 aromatic rings. The van der Waals surface area contributed by atoms with Crippen molar-refractivity contribution in [3.8, 4) is 23.3 Å². The maximum atomic E-state index is 12.0. The summed E-state index contributed by atoms with van der Waals surface area (Å²) in [6.07, 6.45) is 1.51. The lowest BCUT2D eigenvalue weighted by Gasteiger charge is -2.14. The molecule has 0 saturated carbocycles. The van der Waals surface area contributed by atoms with E-state index in [-0.39, 0.29) is 6.61 Å². The molecule has 0 aliphatic heterocycles. The molecule has 0 spiro atoms. The fourth-order valence-corrected chi connectivity index (χ4v) is 3.64. The Labute approximate surface area is 205 Å². The number of methoxy groups -OCH3 is 2. The number of hydrazone groups is 1. The van der Waals surface area contributed by atoms with Crippen LogP contribution in [0.4, 0.5) is 10.5 Å². The summed E-state index contributed by atoms with van der Waals surface area (Å²) in [5, 5.41) is 15.9. The molecule has 168 valence electrons. The molecule has 0 radical (unpaired) electrons. The molecule has 3 rings (SSSR count). The number of hydrogen-bond acceptors (Lipinski definition) is 6. The van der Waals surface area contributed by atoms with E-state index in [4.69, 9.17) is 14.2 Å². The Kier molecular flexibility index (Phi) is 8.49. The van der Waals surface area contributed by atoms with Gasteiger partial charge in [-0.2, -0.15) is 10.4 Å². The Hall–Kier alpha value is -3.78. The fraction of sp³-hybridized carbons (Fsp3) is 0.125. The summed E-state index contributed by atoms with van der Waals surface area (Å²) in [7, 11) is 3.12. The maximum absolute atomic E-state index is 12.0. The zero-order valence-corrected chi connectivity index (χ0v) is 20.1. The Bertz CT molecular complexity index is 1190. The van der Waals surface area contributed by atoms with Crippen molar-refractivity contribution in [3.05, 3.63) is 80.9 Å². The largest absolute Gasteiger partial charge is 0.497 e. The topological polar surface area (TPSA) is 105 Å². The second kappa shape index (κ2) is 11.7. The van der Waals surface area contributed by atoms with Crippen LogP contribution in [-0.2, 0) is 6.61 Å². The van der Waals surface area contributed by atoms with Crippen LogP contribution < -0.4 is 25.0 Å². The number of amides is 2. The number of nitrogens with zero attached hydrogens (tertiary/aromatic N) is 2. The van der Waals surface area contributed by atoms with Gasteiger partial charge in [-0.1, -0.05) is 18.2 Å². The van der Waals surface area contributed by atoms with Crippen molar-refractivity contribution in [3.63, 3.8) is 0 Å². The number of hydrogen-bond donors (Lipinski definition) is 2. The Morgan fingerprint density at radius 1 is 1.12 bits per heavy atom. The molecule has 0 heterocycles. The first-order valence-corrected chi connectivity index (χ1v) is 10.8. The highest BCUT2D eigenvalue weighted by molar-refractivity contribution is 14.1. The van der Waals surface area contributed by atoms with Crippen LogP contribution in [0.25, 0.3) is 0 Å². The van der Waals surface area contributed by atoms with Gasteiger partial charge in [-0.3, -0.25) is 0 Å². The maximum Gasteiger partial charge on any atom is 0.339 e. The van der Waals surface area contributed by atoms with Gasteiger partial charge in [0.05, 0.1) is 35.6 Å². The molecular weight excluding hydrogens is 535 g/mol. The van der Waals surface area contributed by atoms with E-state index in [1.807, 2.05) is 24.3 Å². The summed E-state index contributed by atoms with van der Waals surface area (Å²) < 4.78 is 17.3. The predicted molar refractivity (Wildman–Crippen MR) is 134 cm³/mol. The monoisotopic (exact) mass is 556 g/mol. The van der Waals surface area contributed by atoms with Crippen molar-refractivity contribution < 1.29 is 19.0 Å². The molecule has 3 aromatic carbocycles. The van der Waals surface area contributed by atoms with Crippen molar-refractivity contribution in [2.24, 2.45) is 5.10 Å². The second-order valence-electron chi connectivity index (χ2n) is 6.64. The zero-order valence-electron chi connectivity index (χ0n) is 18.0. The van der Waals surface area contributed by atoms with Crippen LogP contribution >= 0.6 is 22.6 Å². The zero-order chi connectivity index (χ0) is 23.6. The number of rotatable bonds is 8. The normalized spacial score (nSPS) is 10.4. The van der Waals surface area contributed by atoms with Crippen molar-refractivity contribution >= 4 is 40.5 Å². The number of anilines is 1. The van der Waals surface area contributed by atoms with Gasteiger partial charge < -0.3 is 19.5 Å². The smallest absolute Gasteiger partial charge is 0.339 e. The second-order valence-corrected chi connectivity index (χ2v) is 7.81. The summed E-state index contributed by atoms with van der Waals surface area (Å²) in [5.74, 6) is 1.78. The average Bonchev–Trinajstić information content (AvgIpc) is 2.83. The van der Waals surface area contributed by atoms with Gasteiger partial charge in [0.25, 0.3) is 0 Å². The van der Waals surface area contributed by atoms with Gasteiger partial charge in [0.2, 0.25) is 0 Å². The third kappa shape index (κ3) is 6.60. The van der Waals surface area contributed by atoms with E-state index in [1.54, 1.807) is 50.6 Å². The van der Waals surface area contributed by atoms with E-state index >= 15 is 0 Å². The van der Waals surface area contributed by atoms with Gasteiger partial charge in [-0.05, 0) is 70.6 Å². The number of carbonyl (C=O) groups excluding carboxylic acids is 1. The van der Waals surface area contributed by atoms with Crippen molar-refractivity contribution in [2.75, 3.05) is 19.5 Å². The molecule has 2 N–H and O–H groups in total. The van der Waals surface area contributed by atoms with Gasteiger partial charge in [0.15, 0.2) is 11.5 Å². The van der Waals surface area contributed by atoms with Gasteiger partial charge in [0, 0.05) is 11.3 Å². The molecule has 0 aliphatic carbocycles. The van der Waals surface area contributed by atoms with E-state index < -0.39 is 6.03 Å². The first kappa shape index (κ1) is 23.9. The first-order valence-electron chi connectivity index (χ1n) is 9.76. The lowest BCUT2D eigenvalue weighted by molar-refractivity contribution is 0.252. The van der Waals surface area contributed by atoms with Crippen LogP contribution in [0.1, 0.15) is 16.7 Å². The number of nitrogens with one attached hydrogen (secondary N) is 2. The SMILES string of the molecule is COc1ccc(NC(=O)N/N=C/c2cc(I)c(OCc3ccccc3C#N)c(OC)c2)cc1. The number of carbonyl (C=O) groups is 1. The molecule has 2 amide bonds. The Balaban J connectivity index is 1.64. The average molecular weight is 556 g/mol. The van der Waals surface area contributed by atoms with E-state index in [2.05, 4.69) is 44.5 Å². The van der Waals surface area contributed by atoms with Gasteiger partial charge in [0.1, 0.15) is 12.4 Å². The predicted octanol–water partition coefficient (Wildman–Crippen LogP) is 4.91. The van der Waals surface area contributed by atoms with Gasteiger partial charge >= 0.3 is 6.03 Å². The molecule has 0 saturated heterocycles. The van der Waals surface area contributed by atoms with Crippen LogP contribution in [0.5, 0.6) is 17.2 Å². The van der Waals surface area contributed by atoms with E-state index in [9.17, 15) is 10.1 Å². The Morgan fingerprint density at radius 3 is 2.58 bits per heavy atom. The quantitative estimate of drug-likeness (QED) is 0.233. The fourth-order valence-electron chi connectivity index (χ4n) is 2.86. The van der Waals surface area contributed by atoms with Gasteiger partial charge in [-0.15, -0.1) is 0 Å². The van der Waals surface area contributed by atoms with E-state index in [0.717, 1.165) is 9.13 Å². The molecule has 0 bridgehead atoms. The van der Waals surface area contributed by atoms with Crippen LogP contribution in [0.3, 0.4) is 0 Å². The molecular formula is C24H21IN4O4. The molecule has 8 nitrogen and oxygen atoms in total. The molecule has 0 aliphatic rings. The molecule has 0 atom stereocenters. The summed E-state index contributed by atoms with van der Waals surface area (Å²) in [6, 6.07) is 19.5. The van der Waals surface area contributed by atoms with E-state index in [1.165, 1.54) is 6.21 Å². The Morgan fingerprint density at radius 2 is 1.88 bits per heavy atom.